The summed E-state index contributed by atoms with van der Waals surface area (Å²) in [6.45, 7) is 0. The molecule has 0 radical (unpaired) electrons. The van der Waals surface area contributed by atoms with Crippen molar-refractivity contribution in [3.05, 3.63) is 96.7 Å². The highest BCUT2D eigenvalue weighted by molar-refractivity contribution is 6.01. The molecule has 6 aromatic rings. The fourth-order valence-electron chi connectivity index (χ4n) is 5.46. The van der Waals surface area contributed by atoms with Crippen LogP contribution in [0.3, 0.4) is 0 Å². The molecule has 6 nitrogen and oxygen atoms in total. The second kappa shape index (κ2) is 8.42. The minimum Gasteiger partial charge on any atom is -0.357 e. The molecule has 184 valence electrons. The first-order valence-corrected chi connectivity index (χ1v) is 13.3. The second-order valence-corrected chi connectivity index (χ2v) is 10.4. The maximum Gasteiger partial charge on any atom is 0.116 e. The van der Waals surface area contributed by atoms with Crippen LogP contribution in [0.4, 0.5) is 5.69 Å². The number of pyridine rings is 2. The van der Waals surface area contributed by atoms with Crippen LogP contribution in [0.25, 0.3) is 55.4 Å². The number of H-pyrrole nitrogens is 2. The molecule has 8 rings (SSSR count). The van der Waals surface area contributed by atoms with Gasteiger partial charge in [0.2, 0.25) is 0 Å². The molecular weight excluding hydrogens is 468 g/mol. The van der Waals surface area contributed by atoms with Crippen LogP contribution in [-0.4, -0.2) is 25.1 Å². The van der Waals surface area contributed by atoms with Crippen molar-refractivity contribution in [1.29, 1.82) is 0 Å². The third-order valence-electron chi connectivity index (χ3n) is 7.67. The van der Waals surface area contributed by atoms with Crippen molar-refractivity contribution >= 4 is 27.5 Å². The number of fused-ring (bicyclic) bond motifs is 2. The van der Waals surface area contributed by atoms with Gasteiger partial charge in [-0.25, -0.2) is 0 Å². The smallest absolute Gasteiger partial charge is 0.116 e. The predicted octanol–water partition coefficient (Wildman–Crippen LogP) is 7.71. The van der Waals surface area contributed by atoms with Crippen LogP contribution in [0.1, 0.15) is 25.7 Å². The van der Waals surface area contributed by atoms with Crippen molar-refractivity contribution in [2.45, 2.75) is 25.7 Å². The lowest BCUT2D eigenvalue weighted by molar-refractivity contribution is 1.00. The number of benzene rings is 2. The molecule has 0 atom stereocenters. The monoisotopic (exact) mass is 494 g/mol. The average Bonchev–Trinajstić information content (AvgIpc) is 3.90. The van der Waals surface area contributed by atoms with Gasteiger partial charge in [-0.3, -0.25) is 15.1 Å². The van der Waals surface area contributed by atoms with Crippen LogP contribution in [-0.2, 0) is 0 Å². The van der Waals surface area contributed by atoms with Crippen LogP contribution >= 0.6 is 0 Å². The molecule has 6 heteroatoms. The summed E-state index contributed by atoms with van der Waals surface area (Å²) in [5, 5.41) is 13.9. The lowest BCUT2D eigenvalue weighted by Crippen LogP contribution is -2.02. The van der Waals surface area contributed by atoms with Crippen molar-refractivity contribution < 1.29 is 0 Å². The Morgan fingerprint density at radius 3 is 2.55 bits per heavy atom. The zero-order chi connectivity index (χ0) is 25.1. The Morgan fingerprint density at radius 1 is 0.789 bits per heavy atom. The average molecular weight is 495 g/mol. The molecular formula is C32H26N6. The summed E-state index contributed by atoms with van der Waals surface area (Å²) in [5.74, 6) is 0.718. The summed E-state index contributed by atoms with van der Waals surface area (Å²) in [6, 6.07) is 21.2. The van der Waals surface area contributed by atoms with Gasteiger partial charge in [0, 0.05) is 51.7 Å². The number of anilines is 1. The maximum absolute atomic E-state index is 4.70. The topological polar surface area (TPSA) is 82.3 Å². The van der Waals surface area contributed by atoms with E-state index < -0.39 is 0 Å². The van der Waals surface area contributed by atoms with E-state index in [0.29, 0.717) is 0 Å². The summed E-state index contributed by atoms with van der Waals surface area (Å²) in [5.41, 5.74) is 12.5. The van der Waals surface area contributed by atoms with Crippen LogP contribution in [0.2, 0.25) is 0 Å². The molecule has 0 bridgehead atoms. The van der Waals surface area contributed by atoms with Crippen LogP contribution in [0, 0.1) is 5.92 Å². The van der Waals surface area contributed by atoms with Crippen molar-refractivity contribution in [2.24, 2.45) is 5.92 Å². The number of nitrogens with one attached hydrogen (secondary N) is 3. The second-order valence-electron chi connectivity index (χ2n) is 10.4. The fraction of sp³-hybridized carbons (Fsp3) is 0.156. The number of aromatic amines is 2. The summed E-state index contributed by atoms with van der Waals surface area (Å²) in [4.78, 5) is 12.5. The molecule has 0 spiro atoms. The van der Waals surface area contributed by atoms with Crippen LogP contribution in [0.5, 0.6) is 0 Å². The molecule has 2 aliphatic carbocycles. The molecule has 0 saturated heterocycles. The maximum atomic E-state index is 4.70. The van der Waals surface area contributed by atoms with E-state index in [0.717, 1.165) is 67.1 Å². The zero-order valence-electron chi connectivity index (χ0n) is 20.8. The normalized spacial score (nSPS) is 14.8. The van der Waals surface area contributed by atoms with Crippen LogP contribution in [0.15, 0.2) is 96.7 Å². The highest BCUT2D eigenvalue weighted by Crippen LogP contribution is 2.45. The van der Waals surface area contributed by atoms with E-state index in [1.165, 1.54) is 31.4 Å². The number of hydrogen-bond acceptors (Lipinski definition) is 4. The SMILES string of the molecule is c1cncc(-c2cccc3[nH]c(-c4n[nH]c5ccc(-c6cncc(NC(=C7CC7)C7CC7)c6)cc45)cc23)c1. The Kier molecular flexibility index (Phi) is 4.74. The van der Waals surface area contributed by atoms with Gasteiger partial charge in [-0.05, 0) is 84.7 Å². The number of rotatable bonds is 6. The van der Waals surface area contributed by atoms with E-state index in [1.807, 2.05) is 24.7 Å². The number of hydrogen-bond donors (Lipinski definition) is 3. The minimum absolute atomic E-state index is 0.718. The van der Waals surface area contributed by atoms with Crippen molar-refractivity contribution in [2.75, 3.05) is 5.32 Å². The van der Waals surface area contributed by atoms with Gasteiger partial charge in [0.15, 0.2) is 0 Å². The molecule has 2 saturated carbocycles. The van der Waals surface area contributed by atoms with Gasteiger partial charge in [-0.2, -0.15) is 5.10 Å². The first-order valence-electron chi connectivity index (χ1n) is 13.3. The van der Waals surface area contributed by atoms with E-state index in [9.17, 15) is 0 Å². The van der Waals surface area contributed by atoms with Crippen LogP contribution < -0.4 is 5.32 Å². The Balaban J connectivity index is 1.18. The van der Waals surface area contributed by atoms with Gasteiger partial charge in [0.25, 0.3) is 0 Å². The quantitative estimate of drug-likeness (QED) is 0.221. The van der Waals surface area contributed by atoms with E-state index in [-0.39, 0.29) is 0 Å². The number of nitrogens with zero attached hydrogens (tertiary/aromatic N) is 3. The molecule has 0 amide bonds. The molecule has 4 heterocycles. The third kappa shape index (κ3) is 3.77. The van der Waals surface area contributed by atoms with E-state index >= 15 is 0 Å². The Morgan fingerprint density at radius 2 is 1.71 bits per heavy atom. The highest BCUT2D eigenvalue weighted by Gasteiger charge is 2.31. The molecule has 4 aromatic heterocycles. The minimum atomic E-state index is 0.718. The van der Waals surface area contributed by atoms with Crippen molar-refractivity contribution in [3.8, 4) is 33.6 Å². The van der Waals surface area contributed by atoms with Gasteiger partial charge in [0.05, 0.1) is 23.1 Å². The first-order chi connectivity index (χ1) is 18.8. The standard InChI is InChI=1S/C32H26N6/c1-4-25(22-3-2-12-33-16-22)26-15-30(36-28(26)5-1)32-27-14-21(10-11-29(27)37-38-32)23-13-24(18-34-17-23)35-31(19-6-7-19)20-8-9-20/h1-5,10-19,35-36H,6-9H2,(H,37,38). The molecule has 0 unspecified atom stereocenters. The van der Waals surface area contributed by atoms with Crippen molar-refractivity contribution in [3.63, 3.8) is 0 Å². The lowest BCUT2D eigenvalue weighted by Gasteiger charge is -2.11. The summed E-state index contributed by atoms with van der Waals surface area (Å²) in [7, 11) is 0. The lowest BCUT2D eigenvalue weighted by atomic mass is 10.0. The summed E-state index contributed by atoms with van der Waals surface area (Å²) < 4.78 is 0. The molecule has 2 aromatic carbocycles. The fourth-order valence-corrected chi connectivity index (χ4v) is 5.46. The molecule has 2 fully saturated rings. The van der Waals surface area contributed by atoms with E-state index in [4.69, 9.17) is 5.10 Å². The molecule has 0 aliphatic heterocycles. The molecule has 3 N–H and O–H groups in total. The molecule has 38 heavy (non-hydrogen) atoms. The Hall–Kier alpha value is -4.71. The number of aromatic nitrogens is 5. The number of allylic oxidation sites excluding steroid dienone is 2. The van der Waals surface area contributed by atoms with Gasteiger partial charge < -0.3 is 10.3 Å². The van der Waals surface area contributed by atoms with Gasteiger partial charge in [-0.1, -0.05) is 24.3 Å². The Bertz CT molecular complexity index is 1850. The summed E-state index contributed by atoms with van der Waals surface area (Å²) in [6.07, 6.45) is 12.7. The zero-order valence-corrected chi connectivity index (χ0v) is 20.8. The van der Waals surface area contributed by atoms with E-state index in [1.54, 1.807) is 11.8 Å². The predicted molar refractivity (Wildman–Crippen MR) is 152 cm³/mol. The van der Waals surface area contributed by atoms with Gasteiger partial charge in [0.1, 0.15) is 5.69 Å². The Labute approximate surface area is 219 Å². The first kappa shape index (κ1) is 21.4. The van der Waals surface area contributed by atoms with E-state index in [2.05, 4.69) is 80.0 Å². The van der Waals surface area contributed by atoms with Gasteiger partial charge in [-0.15, -0.1) is 0 Å². The largest absolute Gasteiger partial charge is 0.357 e. The van der Waals surface area contributed by atoms with Gasteiger partial charge >= 0.3 is 0 Å². The summed E-state index contributed by atoms with van der Waals surface area (Å²) >= 11 is 0. The third-order valence-corrected chi connectivity index (χ3v) is 7.67. The van der Waals surface area contributed by atoms with Crippen molar-refractivity contribution in [1.82, 2.24) is 25.1 Å². The highest BCUT2D eigenvalue weighted by atomic mass is 15.1. The molecule has 2 aliphatic rings.